The second-order valence-corrected chi connectivity index (χ2v) is 7.00. The van der Waals surface area contributed by atoms with Crippen LogP contribution in [0, 0.1) is 17.8 Å². The largest absolute Gasteiger partial charge is 0.322 e. The molecule has 0 saturated heterocycles. The minimum absolute atomic E-state index is 0.0489. The average molecular weight is 296 g/mol. The number of hydrogen-bond donors (Lipinski definition) is 1. The maximum absolute atomic E-state index is 6.57. The van der Waals surface area contributed by atoms with Crippen molar-refractivity contribution in [3.05, 3.63) is 16.9 Å². The van der Waals surface area contributed by atoms with Crippen molar-refractivity contribution < 1.29 is 0 Å². The van der Waals surface area contributed by atoms with Crippen molar-refractivity contribution in [1.29, 1.82) is 0 Å². The van der Waals surface area contributed by atoms with Crippen molar-refractivity contribution in [3.8, 4) is 0 Å². The zero-order valence-corrected chi connectivity index (χ0v) is 13.1. The van der Waals surface area contributed by atoms with Gasteiger partial charge in [0.15, 0.2) is 0 Å². The lowest BCUT2D eigenvalue weighted by Gasteiger charge is -2.41. The molecule has 3 nitrogen and oxygen atoms in total. The highest BCUT2D eigenvalue weighted by Crippen LogP contribution is 2.46. The second kappa shape index (κ2) is 6.07. The molecular formula is C16H26ClN3. The third kappa shape index (κ3) is 2.62. The zero-order chi connectivity index (χ0) is 14.1. The summed E-state index contributed by atoms with van der Waals surface area (Å²) in [5.41, 5.74) is 7.62. The number of nitrogens with two attached hydrogens (primary N) is 1. The first kappa shape index (κ1) is 14.4. The molecule has 4 unspecified atom stereocenters. The zero-order valence-electron chi connectivity index (χ0n) is 12.4. The number of rotatable bonds is 3. The highest BCUT2D eigenvalue weighted by Gasteiger charge is 2.36. The summed E-state index contributed by atoms with van der Waals surface area (Å²) in [6.07, 6.45) is 11.4. The van der Waals surface area contributed by atoms with Gasteiger partial charge in [-0.05, 0) is 43.9 Å². The molecular weight excluding hydrogens is 270 g/mol. The van der Waals surface area contributed by atoms with Gasteiger partial charge in [-0.2, -0.15) is 5.10 Å². The Morgan fingerprint density at radius 1 is 1.30 bits per heavy atom. The Morgan fingerprint density at radius 2 is 2.05 bits per heavy atom. The van der Waals surface area contributed by atoms with Crippen molar-refractivity contribution in [2.45, 2.75) is 64.5 Å². The molecule has 20 heavy (non-hydrogen) atoms. The van der Waals surface area contributed by atoms with Crippen LogP contribution in [0.4, 0.5) is 0 Å². The number of aryl methyl sites for hydroxylation is 1. The van der Waals surface area contributed by atoms with E-state index in [1.165, 1.54) is 44.9 Å². The molecule has 1 aromatic heterocycles. The van der Waals surface area contributed by atoms with Gasteiger partial charge < -0.3 is 5.73 Å². The number of nitrogens with zero attached hydrogens (tertiary/aromatic N) is 2. The molecule has 2 N–H and O–H groups in total. The SMILES string of the molecule is CCn1ncc(Cl)c1C(N)C1CCC2CCCCC2C1. The second-order valence-electron chi connectivity index (χ2n) is 6.60. The standard InChI is InChI=1S/C16H26ClN3/c1-2-20-16(14(17)10-19-20)15(18)13-8-7-11-5-3-4-6-12(11)9-13/h10-13,15H,2-9,18H2,1H3. The lowest BCUT2D eigenvalue weighted by atomic mass is 9.66. The third-order valence-corrected chi connectivity index (χ3v) is 5.83. The van der Waals surface area contributed by atoms with Crippen LogP contribution in [0.1, 0.15) is 63.6 Å². The van der Waals surface area contributed by atoms with Gasteiger partial charge in [-0.15, -0.1) is 0 Å². The van der Waals surface area contributed by atoms with E-state index < -0.39 is 0 Å². The van der Waals surface area contributed by atoms with Crippen LogP contribution in [0.15, 0.2) is 6.20 Å². The smallest absolute Gasteiger partial charge is 0.0834 e. The molecule has 3 rings (SSSR count). The summed E-state index contributed by atoms with van der Waals surface area (Å²) in [5.74, 6) is 2.46. The summed E-state index contributed by atoms with van der Waals surface area (Å²) < 4.78 is 1.97. The normalized spacial score (nSPS) is 31.9. The van der Waals surface area contributed by atoms with E-state index in [9.17, 15) is 0 Å². The van der Waals surface area contributed by atoms with Crippen molar-refractivity contribution in [1.82, 2.24) is 9.78 Å². The number of hydrogen-bond acceptors (Lipinski definition) is 2. The fraction of sp³-hybridized carbons (Fsp3) is 0.812. The third-order valence-electron chi connectivity index (χ3n) is 5.54. The minimum atomic E-state index is 0.0489. The molecule has 0 radical (unpaired) electrons. The first-order valence-corrected chi connectivity index (χ1v) is 8.55. The highest BCUT2D eigenvalue weighted by molar-refractivity contribution is 6.31. The minimum Gasteiger partial charge on any atom is -0.322 e. The first-order valence-electron chi connectivity index (χ1n) is 8.17. The van der Waals surface area contributed by atoms with Crippen LogP contribution in [-0.2, 0) is 6.54 Å². The van der Waals surface area contributed by atoms with Gasteiger partial charge in [-0.25, -0.2) is 0 Å². The summed E-state index contributed by atoms with van der Waals surface area (Å²) in [5, 5.41) is 5.08. The van der Waals surface area contributed by atoms with E-state index in [2.05, 4.69) is 12.0 Å². The molecule has 0 aromatic carbocycles. The van der Waals surface area contributed by atoms with Crippen LogP contribution < -0.4 is 5.73 Å². The predicted molar refractivity (Wildman–Crippen MR) is 82.6 cm³/mol. The monoisotopic (exact) mass is 295 g/mol. The molecule has 4 atom stereocenters. The van der Waals surface area contributed by atoms with Gasteiger partial charge in [0.1, 0.15) is 0 Å². The molecule has 0 aliphatic heterocycles. The Morgan fingerprint density at radius 3 is 2.80 bits per heavy atom. The van der Waals surface area contributed by atoms with Gasteiger partial charge in [0.05, 0.1) is 23.0 Å². The molecule has 0 bridgehead atoms. The molecule has 4 heteroatoms. The van der Waals surface area contributed by atoms with E-state index in [-0.39, 0.29) is 6.04 Å². The van der Waals surface area contributed by atoms with E-state index in [0.29, 0.717) is 5.92 Å². The van der Waals surface area contributed by atoms with Gasteiger partial charge in [0.25, 0.3) is 0 Å². The molecule has 112 valence electrons. The lowest BCUT2D eigenvalue weighted by molar-refractivity contribution is 0.115. The first-order chi connectivity index (χ1) is 9.70. The Balaban J connectivity index is 1.74. The van der Waals surface area contributed by atoms with Crippen LogP contribution in [-0.4, -0.2) is 9.78 Å². The number of fused-ring (bicyclic) bond motifs is 1. The van der Waals surface area contributed by atoms with Crippen LogP contribution >= 0.6 is 11.6 Å². The maximum atomic E-state index is 6.57. The fourth-order valence-electron chi connectivity index (χ4n) is 4.41. The van der Waals surface area contributed by atoms with Gasteiger partial charge in [0, 0.05) is 6.54 Å². The van der Waals surface area contributed by atoms with Crippen LogP contribution in [0.5, 0.6) is 0 Å². The molecule has 1 aromatic rings. The van der Waals surface area contributed by atoms with Crippen molar-refractivity contribution in [2.24, 2.45) is 23.5 Å². The summed E-state index contributed by atoms with van der Waals surface area (Å²) in [6.45, 7) is 2.94. The number of halogens is 1. The van der Waals surface area contributed by atoms with E-state index in [0.717, 1.165) is 29.1 Å². The lowest BCUT2D eigenvalue weighted by Crippen LogP contribution is -2.34. The average Bonchev–Trinajstić information content (AvgIpc) is 2.87. The molecule has 2 saturated carbocycles. The quantitative estimate of drug-likeness (QED) is 0.910. The maximum Gasteiger partial charge on any atom is 0.0834 e. The Hall–Kier alpha value is -0.540. The Bertz CT molecular complexity index is 457. The van der Waals surface area contributed by atoms with E-state index in [4.69, 9.17) is 17.3 Å². The molecule has 0 amide bonds. The highest BCUT2D eigenvalue weighted by atomic mass is 35.5. The van der Waals surface area contributed by atoms with E-state index >= 15 is 0 Å². The molecule has 1 heterocycles. The van der Waals surface area contributed by atoms with Gasteiger partial charge in [-0.1, -0.05) is 37.3 Å². The van der Waals surface area contributed by atoms with E-state index in [1.807, 2.05) is 4.68 Å². The number of aromatic nitrogens is 2. The van der Waals surface area contributed by atoms with Crippen molar-refractivity contribution in [3.63, 3.8) is 0 Å². The van der Waals surface area contributed by atoms with Crippen LogP contribution in [0.3, 0.4) is 0 Å². The van der Waals surface area contributed by atoms with E-state index in [1.54, 1.807) is 6.20 Å². The van der Waals surface area contributed by atoms with Gasteiger partial charge >= 0.3 is 0 Å². The topological polar surface area (TPSA) is 43.8 Å². The molecule has 0 spiro atoms. The van der Waals surface area contributed by atoms with Crippen LogP contribution in [0.25, 0.3) is 0 Å². The summed E-state index contributed by atoms with van der Waals surface area (Å²) in [4.78, 5) is 0. The summed E-state index contributed by atoms with van der Waals surface area (Å²) in [6, 6.07) is 0.0489. The van der Waals surface area contributed by atoms with Crippen LogP contribution in [0.2, 0.25) is 5.02 Å². The summed E-state index contributed by atoms with van der Waals surface area (Å²) >= 11 is 6.31. The Kier molecular flexibility index (Phi) is 4.37. The van der Waals surface area contributed by atoms with Crippen molar-refractivity contribution in [2.75, 3.05) is 0 Å². The van der Waals surface area contributed by atoms with Gasteiger partial charge in [0.2, 0.25) is 0 Å². The van der Waals surface area contributed by atoms with Gasteiger partial charge in [-0.3, -0.25) is 4.68 Å². The molecule has 2 aliphatic rings. The fourth-order valence-corrected chi connectivity index (χ4v) is 4.68. The molecule has 2 aliphatic carbocycles. The molecule has 2 fully saturated rings. The summed E-state index contributed by atoms with van der Waals surface area (Å²) in [7, 11) is 0. The Labute approximate surface area is 126 Å². The van der Waals surface area contributed by atoms with Crippen molar-refractivity contribution >= 4 is 11.6 Å². The predicted octanol–water partition coefficient (Wildman–Crippen LogP) is 4.16.